The highest BCUT2D eigenvalue weighted by molar-refractivity contribution is 6.04. The van der Waals surface area contributed by atoms with E-state index in [1.54, 1.807) is 16.7 Å². The fourth-order valence-corrected chi connectivity index (χ4v) is 3.47. The molecule has 2 fully saturated rings. The van der Waals surface area contributed by atoms with Gasteiger partial charge in [0.25, 0.3) is 5.91 Å². The summed E-state index contributed by atoms with van der Waals surface area (Å²) in [6.07, 6.45) is 0.0552. The lowest BCUT2D eigenvalue weighted by molar-refractivity contribution is -0.133. The highest BCUT2D eigenvalue weighted by Gasteiger charge is 2.38. The number of urea groups is 1. The molecule has 29 heavy (non-hydrogen) atoms. The van der Waals surface area contributed by atoms with E-state index < -0.39 is 12.1 Å². The minimum atomic E-state index is -0.684. The lowest BCUT2D eigenvalue weighted by Crippen LogP contribution is -2.50. The zero-order chi connectivity index (χ0) is 20.8. The number of imide groups is 1. The van der Waals surface area contributed by atoms with Crippen LogP contribution in [0.15, 0.2) is 30.3 Å². The summed E-state index contributed by atoms with van der Waals surface area (Å²) in [5.41, 5.74) is 0.868. The van der Waals surface area contributed by atoms with Crippen molar-refractivity contribution in [2.24, 2.45) is 0 Å². The van der Waals surface area contributed by atoms with Crippen LogP contribution in [0.25, 0.3) is 0 Å². The maximum atomic E-state index is 12.5. The van der Waals surface area contributed by atoms with E-state index in [2.05, 4.69) is 5.32 Å². The van der Waals surface area contributed by atoms with Gasteiger partial charge in [-0.05, 0) is 18.9 Å². The van der Waals surface area contributed by atoms with Crippen LogP contribution in [0.3, 0.4) is 0 Å². The van der Waals surface area contributed by atoms with E-state index in [9.17, 15) is 19.2 Å². The summed E-state index contributed by atoms with van der Waals surface area (Å²) in [7, 11) is 0. The molecule has 0 bridgehead atoms. The standard InChI is InChI=1S/C20H26N4O5/c1-2-29-20(28)23-12-10-22(11-13-23)17(25)9-8-16-18(26)24(19(27)21-16)14-15-6-4-3-5-7-15/h3-7,16H,2,8-14H2,1H3,(H,21,27). The third-order valence-electron chi connectivity index (χ3n) is 5.10. The smallest absolute Gasteiger partial charge is 0.409 e. The number of hydrogen-bond donors (Lipinski definition) is 1. The molecule has 2 heterocycles. The van der Waals surface area contributed by atoms with Crippen LogP contribution in [0.4, 0.5) is 9.59 Å². The van der Waals surface area contributed by atoms with E-state index in [1.807, 2.05) is 30.3 Å². The molecular weight excluding hydrogens is 376 g/mol. The molecule has 1 unspecified atom stereocenters. The maximum absolute atomic E-state index is 12.5. The lowest BCUT2D eigenvalue weighted by atomic mass is 10.1. The number of nitrogens with zero attached hydrogens (tertiary/aromatic N) is 3. The van der Waals surface area contributed by atoms with Gasteiger partial charge in [0, 0.05) is 32.6 Å². The van der Waals surface area contributed by atoms with Crippen molar-refractivity contribution in [2.75, 3.05) is 32.8 Å². The quantitative estimate of drug-likeness (QED) is 0.721. The van der Waals surface area contributed by atoms with Crippen LogP contribution in [-0.4, -0.2) is 77.5 Å². The fraction of sp³-hybridized carbons (Fsp3) is 0.500. The second kappa shape index (κ2) is 9.40. The SMILES string of the molecule is CCOC(=O)N1CCN(C(=O)CCC2NC(=O)N(Cc3ccccc3)C2=O)CC1. The molecule has 9 heteroatoms. The van der Waals surface area contributed by atoms with E-state index in [4.69, 9.17) is 4.74 Å². The predicted octanol–water partition coefficient (Wildman–Crippen LogP) is 1.19. The lowest BCUT2D eigenvalue weighted by Gasteiger charge is -2.34. The normalized spacial score (nSPS) is 19.3. The second-order valence-corrected chi connectivity index (χ2v) is 7.02. The van der Waals surface area contributed by atoms with Crippen LogP contribution in [0.2, 0.25) is 0 Å². The van der Waals surface area contributed by atoms with Crippen molar-refractivity contribution in [2.45, 2.75) is 32.4 Å². The topological polar surface area (TPSA) is 99.3 Å². The number of benzene rings is 1. The molecule has 2 saturated heterocycles. The Bertz CT molecular complexity index is 761. The minimum Gasteiger partial charge on any atom is -0.450 e. The third kappa shape index (κ3) is 5.04. The van der Waals surface area contributed by atoms with Gasteiger partial charge in [0.1, 0.15) is 6.04 Å². The van der Waals surface area contributed by atoms with Gasteiger partial charge < -0.3 is 19.9 Å². The average Bonchev–Trinajstić information content (AvgIpc) is 3.00. The highest BCUT2D eigenvalue weighted by Crippen LogP contribution is 2.16. The molecule has 0 radical (unpaired) electrons. The Balaban J connectivity index is 1.45. The van der Waals surface area contributed by atoms with Crippen molar-refractivity contribution in [3.05, 3.63) is 35.9 Å². The molecule has 0 aliphatic carbocycles. The largest absolute Gasteiger partial charge is 0.450 e. The first-order chi connectivity index (χ1) is 14.0. The van der Waals surface area contributed by atoms with Crippen molar-refractivity contribution in [3.63, 3.8) is 0 Å². The summed E-state index contributed by atoms with van der Waals surface area (Å²) in [6.45, 7) is 4.00. The second-order valence-electron chi connectivity index (χ2n) is 7.02. The van der Waals surface area contributed by atoms with E-state index in [0.29, 0.717) is 32.8 Å². The van der Waals surface area contributed by atoms with Crippen molar-refractivity contribution in [3.8, 4) is 0 Å². The van der Waals surface area contributed by atoms with Crippen molar-refractivity contribution in [1.29, 1.82) is 0 Å². The Morgan fingerprint density at radius 1 is 1.07 bits per heavy atom. The average molecular weight is 402 g/mol. The summed E-state index contributed by atoms with van der Waals surface area (Å²) in [4.78, 5) is 53.3. The highest BCUT2D eigenvalue weighted by atomic mass is 16.6. The molecule has 2 aliphatic rings. The first-order valence-corrected chi connectivity index (χ1v) is 9.85. The molecular formula is C20H26N4O5. The predicted molar refractivity (Wildman–Crippen MR) is 104 cm³/mol. The molecule has 0 aromatic heterocycles. The van der Waals surface area contributed by atoms with Gasteiger partial charge in [0.15, 0.2) is 0 Å². The molecule has 2 aliphatic heterocycles. The molecule has 1 atom stereocenters. The summed E-state index contributed by atoms with van der Waals surface area (Å²) in [6, 6.07) is 8.17. The Hall–Kier alpha value is -3.10. The molecule has 0 saturated carbocycles. The van der Waals surface area contributed by atoms with Gasteiger partial charge in [-0.1, -0.05) is 30.3 Å². The van der Waals surface area contributed by atoms with E-state index in [-0.39, 0.29) is 37.3 Å². The number of piperazine rings is 1. The van der Waals surface area contributed by atoms with Gasteiger partial charge in [-0.3, -0.25) is 14.5 Å². The summed E-state index contributed by atoms with van der Waals surface area (Å²) in [5.74, 6) is -0.393. The van der Waals surface area contributed by atoms with Crippen LogP contribution in [0.1, 0.15) is 25.3 Å². The van der Waals surface area contributed by atoms with Crippen LogP contribution >= 0.6 is 0 Å². The number of carbonyl (C=O) groups excluding carboxylic acids is 4. The van der Waals surface area contributed by atoms with E-state index in [1.165, 1.54) is 4.90 Å². The van der Waals surface area contributed by atoms with Gasteiger partial charge >= 0.3 is 12.1 Å². The van der Waals surface area contributed by atoms with Crippen LogP contribution in [0.5, 0.6) is 0 Å². The number of ether oxygens (including phenoxy) is 1. The summed E-state index contributed by atoms with van der Waals surface area (Å²) < 4.78 is 4.97. The number of nitrogens with one attached hydrogen (secondary N) is 1. The Morgan fingerprint density at radius 2 is 1.72 bits per heavy atom. The Morgan fingerprint density at radius 3 is 2.38 bits per heavy atom. The monoisotopic (exact) mass is 402 g/mol. The van der Waals surface area contributed by atoms with Gasteiger partial charge in [0.05, 0.1) is 13.2 Å². The number of rotatable bonds is 6. The first-order valence-electron chi connectivity index (χ1n) is 9.85. The molecule has 1 aromatic carbocycles. The summed E-state index contributed by atoms with van der Waals surface area (Å²) in [5, 5.41) is 2.67. The molecule has 1 N–H and O–H groups in total. The Labute approximate surface area is 169 Å². The Kier molecular flexibility index (Phi) is 6.69. The molecule has 9 nitrogen and oxygen atoms in total. The molecule has 156 valence electrons. The van der Waals surface area contributed by atoms with Crippen LogP contribution in [-0.2, 0) is 20.9 Å². The van der Waals surface area contributed by atoms with Crippen LogP contribution in [0, 0.1) is 0 Å². The third-order valence-corrected chi connectivity index (χ3v) is 5.10. The molecule has 1 aromatic rings. The van der Waals surface area contributed by atoms with Crippen molar-refractivity contribution in [1.82, 2.24) is 20.0 Å². The molecule has 3 rings (SSSR count). The summed E-state index contributed by atoms with van der Waals surface area (Å²) >= 11 is 0. The van der Waals surface area contributed by atoms with Gasteiger partial charge in [-0.25, -0.2) is 9.59 Å². The first kappa shape index (κ1) is 20.6. The fourth-order valence-electron chi connectivity index (χ4n) is 3.47. The van der Waals surface area contributed by atoms with E-state index in [0.717, 1.165) is 5.56 Å². The van der Waals surface area contributed by atoms with Crippen molar-refractivity contribution < 1.29 is 23.9 Å². The van der Waals surface area contributed by atoms with E-state index >= 15 is 0 Å². The van der Waals surface area contributed by atoms with Gasteiger partial charge in [-0.15, -0.1) is 0 Å². The van der Waals surface area contributed by atoms with Crippen LogP contribution < -0.4 is 5.32 Å². The zero-order valence-electron chi connectivity index (χ0n) is 16.5. The number of hydrogen-bond acceptors (Lipinski definition) is 5. The molecule has 5 amide bonds. The number of carbonyl (C=O) groups is 4. The van der Waals surface area contributed by atoms with Crippen molar-refractivity contribution >= 4 is 23.9 Å². The maximum Gasteiger partial charge on any atom is 0.409 e. The van der Waals surface area contributed by atoms with Gasteiger partial charge in [0.2, 0.25) is 5.91 Å². The minimum absolute atomic E-state index is 0.0860. The number of amides is 5. The molecule has 0 spiro atoms. The zero-order valence-corrected chi connectivity index (χ0v) is 16.5. The van der Waals surface area contributed by atoms with Gasteiger partial charge in [-0.2, -0.15) is 0 Å².